The molecule has 0 saturated carbocycles. The lowest BCUT2D eigenvalue weighted by Gasteiger charge is -2.22. The Hall–Kier alpha value is -1.51. The standard InChI is InChI=1S/C14H21NO2/c1-5-10(3)11(4)15-13-8-9(2)6-7-12(13)14(16)17/h6-8,10-11,15H,5H2,1-4H3,(H,16,17). The molecule has 94 valence electrons. The highest BCUT2D eigenvalue weighted by atomic mass is 16.4. The minimum absolute atomic E-state index is 0.264. The fourth-order valence-electron chi connectivity index (χ4n) is 1.71. The molecule has 0 aliphatic heterocycles. The van der Waals surface area contributed by atoms with Gasteiger partial charge in [0.1, 0.15) is 0 Å². The van der Waals surface area contributed by atoms with Crippen molar-refractivity contribution in [1.82, 2.24) is 0 Å². The van der Waals surface area contributed by atoms with Crippen molar-refractivity contribution in [3.8, 4) is 0 Å². The summed E-state index contributed by atoms with van der Waals surface area (Å²) in [6, 6.07) is 5.63. The van der Waals surface area contributed by atoms with Crippen molar-refractivity contribution >= 4 is 11.7 Å². The molecule has 0 fully saturated rings. The number of hydrogen-bond acceptors (Lipinski definition) is 2. The molecule has 2 atom stereocenters. The molecule has 2 N–H and O–H groups in total. The van der Waals surface area contributed by atoms with Crippen LogP contribution in [0.25, 0.3) is 0 Å². The van der Waals surface area contributed by atoms with E-state index in [1.807, 2.05) is 19.1 Å². The smallest absolute Gasteiger partial charge is 0.337 e. The van der Waals surface area contributed by atoms with Gasteiger partial charge in [-0.25, -0.2) is 4.79 Å². The number of carboxylic acid groups (broad SMARTS) is 1. The largest absolute Gasteiger partial charge is 0.478 e. The van der Waals surface area contributed by atoms with E-state index in [9.17, 15) is 4.79 Å². The number of aromatic carboxylic acids is 1. The molecule has 1 rings (SSSR count). The Morgan fingerprint density at radius 2 is 2.06 bits per heavy atom. The minimum Gasteiger partial charge on any atom is -0.478 e. The Labute approximate surface area is 103 Å². The second-order valence-corrected chi connectivity index (χ2v) is 4.67. The fraction of sp³-hybridized carbons (Fsp3) is 0.500. The van der Waals surface area contributed by atoms with Crippen LogP contribution in [0.1, 0.15) is 43.1 Å². The average molecular weight is 235 g/mol. The van der Waals surface area contributed by atoms with Crippen LogP contribution in [-0.4, -0.2) is 17.1 Å². The summed E-state index contributed by atoms with van der Waals surface area (Å²) in [6.07, 6.45) is 1.07. The molecule has 3 heteroatoms. The quantitative estimate of drug-likeness (QED) is 0.820. The van der Waals surface area contributed by atoms with Crippen LogP contribution in [0.2, 0.25) is 0 Å². The van der Waals surface area contributed by atoms with Gasteiger partial charge in [-0.05, 0) is 37.5 Å². The zero-order valence-electron chi connectivity index (χ0n) is 10.9. The lowest BCUT2D eigenvalue weighted by molar-refractivity contribution is 0.0698. The lowest BCUT2D eigenvalue weighted by Crippen LogP contribution is -2.24. The van der Waals surface area contributed by atoms with Crippen LogP contribution in [0.4, 0.5) is 5.69 Å². The summed E-state index contributed by atoms with van der Waals surface area (Å²) in [5.41, 5.74) is 2.12. The van der Waals surface area contributed by atoms with Crippen molar-refractivity contribution in [2.75, 3.05) is 5.32 Å². The normalized spacial score (nSPS) is 14.1. The third kappa shape index (κ3) is 3.48. The molecular weight excluding hydrogens is 214 g/mol. The van der Waals surface area contributed by atoms with Gasteiger partial charge in [0.25, 0.3) is 0 Å². The van der Waals surface area contributed by atoms with Gasteiger partial charge in [0, 0.05) is 11.7 Å². The van der Waals surface area contributed by atoms with E-state index < -0.39 is 5.97 Å². The van der Waals surface area contributed by atoms with Gasteiger partial charge in [0.05, 0.1) is 5.56 Å². The number of anilines is 1. The molecule has 0 heterocycles. The molecule has 1 aromatic rings. The highest BCUT2D eigenvalue weighted by Gasteiger charge is 2.15. The molecule has 0 spiro atoms. The van der Waals surface area contributed by atoms with E-state index in [0.717, 1.165) is 12.0 Å². The molecular formula is C14H21NO2. The summed E-state index contributed by atoms with van der Waals surface area (Å²) in [5, 5.41) is 12.4. The first kappa shape index (κ1) is 13.6. The maximum atomic E-state index is 11.1. The van der Waals surface area contributed by atoms with Crippen LogP contribution < -0.4 is 5.32 Å². The minimum atomic E-state index is -0.885. The Balaban J connectivity index is 2.96. The number of hydrogen-bond donors (Lipinski definition) is 2. The number of carboxylic acids is 1. The maximum absolute atomic E-state index is 11.1. The second-order valence-electron chi connectivity index (χ2n) is 4.67. The van der Waals surface area contributed by atoms with Crippen molar-refractivity contribution in [2.24, 2.45) is 5.92 Å². The molecule has 0 aromatic heterocycles. The Kier molecular flexibility index (Phi) is 4.55. The molecule has 0 aliphatic carbocycles. The third-order valence-electron chi connectivity index (χ3n) is 3.29. The van der Waals surface area contributed by atoms with Crippen LogP contribution in [0.15, 0.2) is 18.2 Å². The van der Waals surface area contributed by atoms with E-state index in [0.29, 0.717) is 17.2 Å². The number of carbonyl (C=O) groups is 1. The van der Waals surface area contributed by atoms with Crippen molar-refractivity contribution in [2.45, 2.75) is 40.2 Å². The zero-order valence-corrected chi connectivity index (χ0v) is 10.9. The first-order chi connectivity index (χ1) is 7.95. The summed E-state index contributed by atoms with van der Waals surface area (Å²) < 4.78 is 0. The van der Waals surface area contributed by atoms with Gasteiger partial charge in [0.15, 0.2) is 0 Å². The molecule has 0 radical (unpaired) electrons. The number of benzene rings is 1. The Morgan fingerprint density at radius 1 is 1.41 bits per heavy atom. The Bertz CT molecular complexity index is 401. The average Bonchev–Trinajstić information content (AvgIpc) is 2.27. The molecule has 0 saturated heterocycles. The number of rotatable bonds is 5. The molecule has 1 aromatic carbocycles. The summed E-state index contributed by atoms with van der Waals surface area (Å²) in [6.45, 7) is 8.35. The van der Waals surface area contributed by atoms with E-state index in [1.54, 1.807) is 6.07 Å². The summed E-state index contributed by atoms with van der Waals surface area (Å²) >= 11 is 0. The highest BCUT2D eigenvalue weighted by Crippen LogP contribution is 2.21. The van der Waals surface area contributed by atoms with E-state index in [-0.39, 0.29) is 6.04 Å². The monoisotopic (exact) mass is 235 g/mol. The SMILES string of the molecule is CCC(C)C(C)Nc1cc(C)ccc1C(=O)O. The van der Waals surface area contributed by atoms with Crippen LogP contribution >= 0.6 is 0 Å². The topological polar surface area (TPSA) is 49.3 Å². The van der Waals surface area contributed by atoms with Crippen LogP contribution in [0, 0.1) is 12.8 Å². The Morgan fingerprint density at radius 3 is 2.59 bits per heavy atom. The second kappa shape index (κ2) is 5.71. The molecule has 3 nitrogen and oxygen atoms in total. The van der Waals surface area contributed by atoms with Gasteiger partial charge in [-0.1, -0.05) is 26.3 Å². The van der Waals surface area contributed by atoms with E-state index in [1.165, 1.54) is 0 Å². The van der Waals surface area contributed by atoms with Crippen molar-refractivity contribution in [3.63, 3.8) is 0 Å². The summed E-state index contributed by atoms with van der Waals surface area (Å²) in [5.74, 6) is -0.374. The number of aryl methyl sites for hydroxylation is 1. The van der Waals surface area contributed by atoms with Crippen molar-refractivity contribution in [1.29, 1.82) is 0 Å². The van der Waals surface area contributed by atoms with Gasteiger partial charge < -0.3 is 10.4 Å². The fourth-order valence-corrected chi connectivity index (χ4v) is 1.71. The predicted molar refractivity (Wildman–Crippen MR) is 70.7 cm³/mol. The lowest BCUT2D eigenvalue weighted by atomic mass is 9.99. The molecule has 2 unspecified atom stereocenters. The van der Waals surface area contributed by atoms with Crippen LogP contribution in [0.3, 0.4) is 0 Å². The number of nitrogens with one attached hydrogen (secondary N) is 1. The van der Waals surface area contributed by atoms with E-state index in [2.05, 4.69) is 26.1 Å². The van der Waals surface area contributed by atoms with E-state index in [4.69, 9.17) is 5.11 Å². The molecule has 17 heavy (non-hydrogen) atoms. The van der Waals surface area contributed by atoms with Gasteiger partial charge >= 0.3 is 5.97 Å². The first-order valence-corrected chi connectivity index (χ1v) is 6.06. The van der Waals surface area contributed by atoms with Crippen molar-refractivity contribution < 1.29 is 9.90 Å². The summed E-state index contributed by atoms with van der Waals surface area (Å²) in [4.78, 5) is 11.1. The van der Waals surface area contributed by atoms with Gasteiger partial charge in [-0.15, -0.1) is 0 Å². The first-order valence-electron chi connectivity index (χ1n) is 6.06. The third-order valence-corrected chi connectivity index (χ3v) is 3.29. The predicted octanol–water partition coefficient (Wildman–Crippen LogP) is 3.54. The van der Waals surface area contributed by atoms with Crippen LogP contribution in [0.5, 0.6) is 0 Å². The molecule has 0 aliphatic rings. The highest BCUT2D eigenvalue weighted by molar-refractivity contribution is 5.94. The summed E-state index contributed by atoms with van der Waals surface area (Å²) in [7, 11) is 0. The van der Waals surface area contributed by atoms with E-state index >= 15 is 0 Å². The van der Waals surface area contributed by atoms with Gasteiger partial charge in [-0.2, -0.15) is 0 Å². The zero-order chi connectivity index (χ0) is 13.0. The van der Waals surface area contributed by atoms with Crippen molar-refractivity contribution in [3.05, 3.63) is 29.3 Å². The van der Waals surface area contributed by atoms with Gasteiger partial charge in [0.2, 0.25) is 0 Å². The van der Waals surface area contributed by atoms with Crippen LogP contribution in [-0.2, 0) is 0 Å². The molecule has 0 amide bonds. The maximum Gasteiger partial charge on any atom is 0.337 e. The van der Waals surface area contributed by atoms with Gasteiger partial charge in [-0.3, -0.25) is 0 Å². The molecule has 0 bridgehead atoms.